The van der Waals surface area contributed by atoms with Crippen molar-refractivity contribution in [2.45, 2.75) is 26.2 Å². The molecule has 0 unspecified atom stereocenters. The molecule has 1 heterocycles. The molecular formula is C18H20N2O3S. The molecule has 6 heteroatoms. The van der Waals surface area contributed by atoms with Crippen LogP contribution >= 0.6 is 12.2 Å². The number of carbonyl (C=O) groups excluding carboxylic acids is 1. The molecule has 1 aromatic carbocycles. The number of hydrogen-bond acceptors (Lipinski definition) is 4. The summed E-state index contributed by atoms with van der Waals surface area (Å²) in [7, 11) is 0. The van der Waals surface area contributed by atoms with Crippen molar-refractivity contribution in [3.8, 4) is 5.75 Å². The third kappa shape index (κ3) is 4.96. The Morgan fingerprint density at radius 1 is 1.42 bits per heavy atom. The van der Waals surface area contributed by atoms with Crippen LogP contribution in [0.15, 0.2) is 47.1 Å². The number of thiocarbonyl (C=S) groups is 1. The van der Waals surface area contributed by atoms with E-state index in [4.69, 9.17) is 16.6 Å². The lowest BCUT2D eigenvalue weighted by atomic mass is 9.98. The van der Waals surface area contributed by atoms with Crippen molar-refractivity contribution < 1.29 is 14.3 Å². The van der Waals surface area contributed by atoms with E-state index in [-0.39, 0.29) is 16.8 Å². The fourth-order valence-corrected chi connectivity index (χ4v) is 2.26. The number of benzene rings is 1. The topological polar surface area (TPSA) is 74.5 Å². The van der Waals surface area contributed by atoms with Gasteiger partial charge in [-0.3, -0.25) is 10.1 Å². The SMILES string of the molecule is CC[C@H](C)c1ccc(O)c(NC(=S)NC(=O)/C=C/c2ccco2)c1. The van der Waals surface area contributed by atoms with Gasteiger partial charge in [-0.25, -0.2) is 0 Å². The second-order valence-electron chi connectivity index (χ2n) is 5.38. The average molecular weight is 344 g/mol. The molecule has 2 rings (SSSR count). The summed E-state index contributed by atoms with van der Waals surface area (Å²) in [6.07, 6.45) is 5.38. The van der Waals surface area contributed by atoms with Crippen molar-refractivity contribution in [1.29, 1.82) is 0 Å². The van der Waals surface area contributed by atoms with Crippen LogP contribution in [0, 0.1) is 0 Å². The van der Waals surface area contributed by atoms with Crippen molar-refractivity contribution in [1.82, 2.24) is 5.32 Å². The van der Waals surface area contributed by atoms with E-state index >= 15 is 0 Å². The van der Waals surface area contributed by atoms with Crippen LogP contribution in [0.3, 0.4) is 0 Å². The van der Waals surface area contributed by atoms with Gasteiger partial charge in [-0.1, -0.05) is 19.9 Å². The molecular weight excluding hydrogens is 324 g/mol. The molecule has 126 valence electrons. The number of rotatable bonds is 5. The number of phenolic OH excluding ortho intramolecular Hbond substituents is 1. The van der Waals surface area contributed by atoms with E-state index in [1.807, 2.05) is 12.1 Å². The summed E-state index contributed by atoms with van der Waals surface area (Å²) in [5.74, 6) is 0.625. The summed E-state index contributed by atoms with van der Waals surface area (Å²) in [4.78, 5) is 11.8. The van der Waals surface area contributed by atoms with Gasteiger partial charge in [-0.05, 0) is 60.5 Å². The zero-order valence-corrected chi connectivity index (χ0v) is 14.4. The Kier molecular flexibility index (Phi) is 6.14. The van der Waals surface area contributed by atoms with Crippen molar-refractivity contribution >= 4 is 35.0 Å². The van der Waals surface area contributed by atoms with Gasteiger partial charge in [0, 0.05) is 6.08 Å². The molecule has 0 aliphatic carbocycles. The molecule has 0 aliphatic heterocycles. The largest absolute Gasteiger partial charge is 0.506 e. The Morgan fingerprint density at radius 2 is 2.21 bits per heavy atom. The van der Waals surface area contributed by atoms with Gasteiger partial charge in [-0.15, -0.1) is 0 Å². The minimum Gasteiger partial charge on any atom is -0.506 e. The molecule has 1 atom stereocenters. The van der Waals surface area contributed by atoms with Crippen LogP contribution in [0.1, 0.15) is 37.5 Å². The molecule has 0 bridgehead atoms. The molecule has 0 saturated carbocycles. The first-order chi connectivity index (χ1) is 11.5. The van der Waals surface area contributed by atoms with Crippen LogP contribution in [0.4, 0.5) is 5.69 Å². The molecule has 0 radical (unpaired) electrons. The smallest absolute Gasteiger partial charge is 0.250 e. The van der Waals surface area contributed by atoms with Crippen LogP contribution in [0.5, 0.6) is 5.75 Å². The summed E-state index contributed by atoms with van der Waals surface area (Å²) in [6.45, 7) is 4.20. The van der Waals surface area contributed by atoms with Gasteiger partial charge in [0.15, 0.2) is 5.11 Å². The molecule has 1 amide bonds. The van der Waals surface area contributed by atoms with E-state index in [0.717, 1.165) is 12.0 Å². The number of anilines is 1. The summed E-state index contributed by atoms with van der Waals surface area (Å²) in [6, 6.07) is 8.80. The lowest BCUT2D eigenvalue weighted by Crippen LogP contribution is -2.32. The van der Waals surface area contributed by atoms with Crippen LogP contribution in [-0.2, 0) is 4.79 Å². The van der Waals surface area contributed by atoms with Gasteiger partial charge in [0.05, 0.1) is 12.0 Å². The normalized spacial score (nSPS) is 12.1. The van der Waals surface area contributed by atoms with Crippen LogP contribution in [0.25, 0.3) is 6.08 Å². The van der Waals surface area contributed by atoms with Crippen molar-refractivity contribution in [3.05, 3.63) is 54.0 Å². The number of amides is 1. The van der Waals surface area contributed by atoms with E-state index in [1.165, 1.54) is 12.3 Å². The number of nitrogens with one attached hydrogen (secondary N) is 2. The third-order valence-corrected chi connectivity index (χ3v) is 3.83. The maximum Gasteiger partial charge on any atom is 0.250 e. The second-order valence-corrected chi connectivity index (χ2v) is 5.79. The Labute approximate surface area is 146 Å². The molecule has 0 fully saturated rings. The number of phenols is 1. The van der Waals surface area contributed by atoms with Crippen LogP contribution < -0.4 is 10.6 Å². The highest BCUT2D eigenvalue weighted by molar-refractivity contribution is 7.80. The average Bonchev–Trinajstić information content (AvgIpc) is 3.07. The lowest BCUT2D eigenvalue weighted by molar-refractivity contribution is -0.115. The Balaban J connectivity index is 1.97. The van der Waals surface area contributed by atoms with E-state index in [0.29, 0.717) is 17.4 Å². The van der Waals surface area contributed by atoms with Gasteiger partial charge in [0.2, 0.25) is 5.91 Å². The van der Waals surface area contributed by atoms with Gasteiger partial charge in [-0.2, -0.15) is 0 Å². The predicted octanol–water partition coefficient (Wildman–Crippen LogP) is 4.03. The van der Waals surface area contributed by atoms with Crippen molar-refractivity contribution in [2.75, 3.05) is 5.32 Å². The highest BCUT2D eigenvalue weighted by atomic mass is 32.1. The molecule has 1 aromatic heterocycles. The zero-order chi connectivity index (χ0) is 17.5. The zero-order valence-electron chi connectivity index (χ0n) is 13.6. The maximum atomic E-state index is 11.8. The number of hydrogen-bond donors (Lipinski definition) is 3. The van der Waals surface area contributed by atoms with Gasteiger partial charge in [0.1, 0.15) is 11.5 Å². The summed E-state index contributed by atoms with van der Waals surface area (Å²) >= 11 is 5.11. The molecule has 0 aliphatic rings. The monoisotopic (exact) mass is 344 g/mol. The van der Waals surface area contributed by atoms with Gasteiger partial charge in [0.25, 0.3) is 0 Å². The number of furan rings is 1. The summed E-state index contributed by atoms with van der Waals surface area (Å²) in [5.41, 5.74) is 1.55. The summed E-state index contributed by atoms with van der Waals surface area (Å²) in [5, 5.41) is 15.4. The molecule has 2 aromatic rings. The lowest BCUT2D eigenvalue weighted by Gasteiger charge is -2.14. The molecule has 5 nitrogen and oxygen atoms in total. The standard InChI is InChI=1S/C18H20N2O3S/c1-3-12(2)13-6-8-16(21)15(11-13)19-18(24)20-17(22)9-7-14-5-4-10-23-14/h4-12,21H,3H2,1-2H3,(H2,19,20,22,24)/b9-7+/t12-/m0/s1. The Bertz CT molecular complexity index is 739. The second kappa shape index (κ2) is 8.31. The van der Waals surface area contributed by atoms with Gasteiger partial charge < -0.3 is 14.8 Å². The third-order valence-electron chi connectivity index (χ3n) is 3.63. The Hall–Kier alpha value is -2.60. The first kappa shape index (κ1) is 17.7. The van der Waals surface area contributed by atoms with Gasteiger partial charge >= 0.3 is 0 Å². The van der Waals surface area contributed by atoms with Crippen molar-refractivity contribution in [3.63, 3.8) is 0 Å². The van der Waals surface area contributed by atoms with E-state index in [9.17, 15) is 9.90 Å². The first-order valence-corrected chi connectivity index (χ1v) is 8.07. The molecule has 0 spiro atoms. The Morgan fingerprint density at radius 3 is 2.88 bits per heavy atom. The van der Waals surface area contributed by atoms with E-state index in [2.05, 4.69) is 24.5 Å². The molecule has 3 N–H and O–H groups in total. The minimum absolute atomic E-state index is 0.0739. The number of aromatic hydroxyl groups is 1. The first-order valence-electron chi connectivity index (χ1n) is 7.66. The number of carbonyl (C=O) groups is 1. The predicted molar refractivity (Wildman–Crippen MR) is 98.9 cm³/mol. The summed E-state index contributed by atoms with van der Waals surface area (Å²) < 4.78 is 5.10. The highest BCUT2D eigenvalue weighted by Crippen LogP contribution is 2.28. The quantitative estimate of drug-likeness (QED) is 0.434. The molecule has 0 saturated heterocycles. The van der Waals surface area contributed by atoms with E-state index < -0.39 is 0 Å². The minimum atomic E-state index is -0.388. The highest BCUT2D eigenvalue weighted by Gasteiger charge is 2.09. The van der Waals surface area contributed by atoms with Crippen LogP contribution in [-0.4, -0.2) is 16.1 Å². The fourth-order valence-electron chi connectivity index (χ4n) is 2.05. The van der Waals surface area contributed by atoms with Crippen LogP contribution in [0.2, 0.25) is 0 Å². The fraction of sp³-hybridized carbons (Fsp3) is 0.222. The maximum absolute atomic E-state index is 11.8. The van der Waals surface area contributed by atoms with E-state index in [1.54, 1.807) is 24.3 Å². The molecule has 24 heavy (non-hydrogen) atoms. The van der Waals surface area contributed by atoms with Crippen molar-refractivity contribution in [2.24, 2.45) is 0 Å².